The molecule has 0 unspecified atom stereocenters. The molecule has 2 saturated heterocycles. The molecule has 8 nitrogen and oxygen atoms in total. The minimum absolute atomic E-state index is 0.0375. The predicted octanol–water partition coefficient (Wildman–Crippen LogP) is 3.26. The van der Waals surface area contributed by atoms with Crippen LogP contribution in [0.15, 0.2) is 48.5 Å². The Morgan fingerprint density at radius 2 is 1.82 bits per heavy atom. The van der Waals surface area contributed by atoms with E-state index in [1.54, 1.807) is 6.07 Å². The third-order valence-corrected chi connectivity index (χ3v) is 7.59. The Labute approximate surface area is 226 Å². The van der Waals surface area contributed by atoms with Crippen molar-refractivity contribution >= 4 is 11.9 Å². The Morgan fingerprint density at radius 1 is 1.05 bits per heavy atom. The van der Waals surface area contributed by atoms with Crippen molar-refractivity contribution in [3.05, 3.63) is 65.2 Å². The number of hydrogen-bond donors (Lipinski definition) is 2. The molecule has 8 heteroatoms. The van der Waals surface area contributed by atoms with Gasteiger partial charge in [0.2, 0.25) is 0 Å². The smallest absolute Gasteiger partial charge is 0.307 e. The average Bonchev–Trinajstić information content (AvgIpc) is 3.15. The van der Waals surface area contributed by atoms with Crippen LogP contribution in [0.1, 0.15) is 61.1 Å². The van der Waals surface area contributed by atoms with Crippen LogP contribution in [0.25, 0.3) is 0 Å². The van der Waals surface area contributed by atoms with Gasteiger partial charge in [0, 0.05) is 56.9 Å². The second-order valence-electron chi connectivity index (χ2n) is 10.5. The molecule has 206 valence electrons. The largest absolute Gasteiger partial charge is 0.508 e. The lowest BCUT2D eigenvalue weighted by atomic mass is 9.92. The number of amides is 1. The predicted molar refractivity (Wildman–Crippen MR) is 148 cm³/mol. The molecule has 2 aromatic carbocycles. The molecular formula is C30H42N4O4. The zero-order chi connectivity index (χ0) is 27.1. The molecule has 0 aromatic heterocycles. The maximum absolute atomic E-state index is 13.6. The third kappa shape index (κ3) is 7.12. The van der Waals surface area contributed by atoms with Gasteiger partial charge in [-0.2, -0.15) is 0 Å². The first kappa shape index (κ1) is 28.1. The summed E-state index contributed by atoms with van der Waals surface area (Å²) in [5, 5.41) is 13.8. The van der Waals surface area contributed by atoms with Crippen molar-refractivity contribution in [1.82, 2.24) is 20.0 Å². The van der Waals surface area contributed by atoms with Crippen LogP contribution in [-0.4, -0.2) is 96.2 Å². The molecule has 4 rings (SSSR count). The third-order valence-electron chi connectivity index (χ3n) is 7.59. The highest BCUT2D eigenvalue weighted by molar-refractivity contribution is 5.94. The second kappa shape index (κ2) is 13.2. The van der Waals surface area contributed by atoms with Gasteiger partial charge in [-0.25, -0.2) is 0 Å². The number of rotatable bonds is 8. The lowest BCUT2D eigenvalue weighted by Gasteiger charge is -2.43. The van der Waals surface area contributed by atoms with Crippen molar-refractivity contribution in [2.45, 2.75) is 51.7 Å². The molecule has 2 aliphatic heterocycles. The maximum atomic E-state index is 13.6. The molecule has 2 heterocycles. The van der Waals surface area contributed by atoms with Crippen LogP contribution in [0.5, 0.6) is 5.75 Å². The van der Waals surface area contributed by atoms with Crippen LogP contribution in [0.2, 0.25) is 0 Å². The summed E-state index contributed by atoms with van der Waals surface area (Å²) in [5.74, 6) is 0.110. The number of benzene rings is 2. The number of esters is 1. The number of piperazine rings is 1. The van der Waals surface area contributed by atoms with E-state index < -0.39 is 0 Å². The highest BCUT2D eigenvalue weighted by atomic mass is 16.5. The average molecular weight is 523 g/mol. The van der Waals surface area contributed by atoms with Crippen LogP contribution in [0.4, 0.5) is 0 Å². The summed E-state index contributed by atoms with van der Waals surface area (Å²) in [4.78, 5) is 32.0. The van der Waals surface area contributed by atoms with Gasteiger partial charge >= 0.3 is 5.97 Å². The van der Waals surface area contributed by atoms with Crippen molar-refractivity contribution in [3.63, 3.8) is 0 Å². The zero-order valence-corrected chi connectivity index (χ0v) is 22.9. The van der Waals surface area contributed by atoms with Crippen LogP contribution < -0.4 is 5.32 Å². The molecule has 2 fully saturated rings. The van der Waals surface area contributed by atoms with E-state index in [0.29, 0.717) is 50.3 Å². The molecule has 2 aliphatic rings. The number of carbonyl (C=O) groups is 2. The molecule has 3 atom stereocenters. The van der Waals surface area contributed by atoms with Gasteiger partial charge in [0.15, 0.2) is 0 Å². The summed E-state index contributed by atoms with van der Waals surface area (Å²) >= 11 is 0. The molecule has 0 aliphatic carbocycles. The van der Waals surface area contributed by atoms with Gasteiger partial charge in [-0.05, 0) is 69.1 Å². The van der Waals surface area contributed by atoms with E-state index >= 15 is 0 Å². The fraction of sp³-hybridized carbons (Fsp3) is 0.533. The summed E-state index contributed by atoms with van der Waals surface area (Å²) in [5.41, 5.74) is 2.75. The monoisotopic (exact) mass is 522 g/mol. The Bertz CT molecular complexity index is 1090. The molecule has 38 heavy (non-hydrogen) atoms. The summed E-state index contributed by atoms with van der Waals surface area (Å²) < 4.78 is 5.06. The quantitative estimate of drug-likeness (QED) is 0.515. The number of ether oxygens (including phenoxy) is 1. The molecule has 0 saturated carbocycles. The Balaban J connectivity index is 1.52. The van der Waals surface area contributed by atoms with Crippen molar-refractivity contribution in [2.75, 3.05) is 52.4 Å². The molecule has 0 radical (unpaired) electrons. The zero-order valence-electron chi connectivity index (χ0n) is 22.9. The summed E-state index contributed by atoms with van der Waals surface area (Å²) in [7, 11) is 0. The lowest BCUT2D eigenvalue weighted by molar-refractivity contribution is -0.143. The van der Waals surface area contributed by atoms with Gasteiger partial charge in [0.25, 0.3) is 5.91 Å². The lowest BCUT2D eigenvalue weighted by Crippen LogP contribution is -2.55. The Hall–Kier alpha value is -2.94. The van der Waals surface area contributed by atoms with Crippen molar-refractivity contribution in [3.8, 4) is 5.75 Å². The molecule has 1 amide bonds. The van der Waals surface area contributed by atoms with Crippen LogP contribution in [0, 0.1) is 0 Å². The van der Waals surface area contributed by atoms with E-state index in [0.717, 1.165) is 43.7 Å². The molecule has 0 bridgehead atoms. The van der Waals surface area contributed by atoms with E-state index in [2.05, 4.69) is 41.1 Å². The summed E-state index contributed by atoms with van der Waals surface area (Å²) in [6.45, 7) is 12.0. The van der Waals surface area contributed by atoms with Gasteiger partial charge in [0.05, 0.1) is 19.1 Å². The first-order valence-electron chi connectivity index (χ1n) is 13.9. The minimum Gasteiger partial charge on any atom is -0.508 e. The fourth-order valence-corrected chi connectivity index (χ4v) is 5.58. The topological polar surface area (TPSA) is 85.3 Å². The van der Waals surface area contributed by atoms with E-state index in [-0.39, 0.29) is 23.7 Å². The number of hydrogen-bond acceptors (Lipinski definition) is 7. The van der Waals surface area contributed by atoms with E-state index in [9.17, 15) is 14.7 Å². The number of phenolic OH excluding ortho intramolecular Hbond substituents is 1. The highest BCUT2D eigenvalue weighted by Crippen LogP contribution is 2.33. The first-order valence-corrected chi connectivity index (χ1v) is 13.9. The van der Waals surface area contributed by atoms with E-state index in [1.165, 1.54) is 0 Å². The SMILES string of the molecule is CCOC(=O)CCN1CCCN(C(=O)c2cccc([C@H](c3cccc(O)c3)N3C[C@@H](C)NC[C@@H]3C)c2)CC1. The van der Waals surface area contributed by atoms with Gasteiger partial charge < -0.3 is 25.0 Å². The normalized spacial score (nSPS) is 22.0. The molecular weight excluding hydrogens is 480 g/mol. The fourth-order valence-electron chi connectivity index (χ4n) is 5.58. The Morgan fingerprint density at radius 3 is 2.58 bits per heavy atom. The number of carbonyl (C=O) groups excluding carboxylic acids is 2. The Kier molecular flexibility index (Phi) is 9.77. The summed E-state index contributed by atoms with van der Waals surface area (Å²) in [6.07, 6.45) is 1.25. The number of phenols is 1. The van der Waals surface area contributed by atoms with Crippen LogP contribution in [-0.2, 0) is 9.53 Å². The van der Waals surface area contributed by atoms with Crippen LogP contribution in [0.3, 0.4) is 0 Å². The first-order chi connectivity index (χ1) is 18.4. The standard InChI is InChI=1S/C30H42N4O4/c1-4-38-28(36)12-15-32-13-7-14-33(17-16-32)30(37)26-10-5-8-24(18-26)29(25-9-6-11-27(35)19-25)34-21-22(2)31-20-23(34)3/h5-6,8-11,18-19,22-23,29,31,35H,4,7,12-17,20-21H2,1-3H3/t22-,23+,29-/m1/s1. The highest BCUT2D eigenvalue weighted by Gasteiger charge is 2.32. The van der Waals surface area contributed by atoms with Crippen molar-refractivity contribution in [2.24, 2.45) is 0 Å². The molecule has 2 aromatic rings. The van der Waals surface area contributed by atoms with E-state index in [4.69, 9.17) is 4.74 Å². The molecule has 0 spiro atoms. The maximum Gasteiger partial charge on any atom is 0.307 e. The van der Waals surface area contributed by atoms with Crippen LogP contribution >= 0.6 is 0 Å². The number of aromatic hydroxyl groups is 1. The second-order valence-corrected chi connectivity index (χ2v) is 10.5. The van der Waals surface area contributed by atoms with E-state index in [1.807, 2.05) is 42.2 Å². The van der Waals surface area contributed by atoms with Crippen molar-refractivity contribution in [1.29, 1.82) is 0 Å². The summed E-state index contributed by atoms with van der Waals surface area (Å²) in [6, 6.07) is 16.0. The van der Waals surface area contributed by atoms with Gasteiger partial charge in [-0.1, -0.05) is 24.3 Å². The number of nitrogens with one attached hydrogen (secondary N) is 1. The minimum atomic E-state index is -0.170. The van der Waals surface area contributed by atoms with Gasteiger partial charge in [-0.15, -0.1) is 0 Å². The van der Waals surface area contributed by atoms with Gasteiger partial charge in [-0.3, -0.25) is 14.5 Å². The van der Waals surface area contributed by atoms with Gasteiger partial charge in [0.1, 0.15) is 5.75 Å². The number of nitrogens with zero attached hydrogens (tertiary/aromatic N) is 3. The van der Waals surface area contributed by atoms with Crippen molar-refractivity contribution < 1.29 is 19.4 Å². The molecule has 2 N–H and O–H groups in total.